The lowest BCUT2D eigenvalue weighted by atomic mass is 10.0. The molecule has 5 nitrogen and oxygen atoms in total. The van der Waals surface area contributed by atoms with Crippen LogP contribution in [0.2, 0.25) is 0 Å². The summed E-state index contributed by atoms with van der Waals surface area (Å²) in [6.45, 7) is 1.92. The van der Waals surface area contributed by atoms with E-state index in [0.717, 1.165) is 22.0 Å². The number of hydrogen-bond donors (Lipinski definition) is 2. The van der Waals surface area contributed by atoms with Crippen LogP contribution in [0.15, 0.2) is 54.7 Å². The summed E-state index contributed by atoms with van der Waals surface area (Å²) in [5, 5.41) is 3.82. The average Bonchev–Trinajstić information content (AvgIpc) is 3.03. The molecule has 0 fully saturated rings. The number of H-pyrrole nitrogens is 1. The molecule has 128 valence electrons. The molecule has 3 aromatic rings. The molecule has 1 heterocycles. The van der Waals surface area contributed by atoms with Crippen molar-refractivity contribution in [2.75, 3.05) is 7.11 Å². The number of aromatic nitrogens is 1. The second-order valence-corrected chi connectivity index (χ2v) is 5.98. The largest absolute Gasteiger partial charge is 0.467 e. The van der Waals surface area contributed by atoms with E-state index >= 15 is 0 Å². The standard InChI is InChI=1S/C20H20N2O3/c1-13-6-5-7-14(10-13)19(23)22-18(20(24)25-2)11-15-12-21-17-9-4-3-8-16(15)17/h3-10,12,18,21H,11H2,1-2H3,(H,22,23)/t18-/m1/s1. The normalized spacial score (nSPS) is 11.9. The lowest BCUT2D eigenvalue weighted by Crippen LogP contribution is -2.43. The summed E-state index contributed by atoms with van der Waals surface area (Å²) in [7, 11) is 1.32. The Bertz CT molecular complexity index is 914. The topological polar surface area (TPSA) is 71.2 Å². The van der Waals surface area contributed by atoms with Crippen molar-refractivity contribution in [3.8, 4) is 0 Å². The van der Waals surface area contributed by atoms with Crippen LogP contribution in [0.4, 0.5) is 0 Å². The smallest absolute Gasteiger partial charge is 0.328 e. The molecule has 0 spiro atoms. The molecule has 25 heavy (non-hydrogen) atoms. The number of carbonyl (C=O) groups excluding carboxylic acids is 2. The van der Waals surface area contributed by atoms with Crippen LogP contribution in [0.1, 0.15) is 21.5 Å². The molecule has 3 rings (SSSR count). The maximum Gasteiger partial charge on any atom is 0.328 e. The fraction of sp³-hybridized carbons (Fsp3) is 0.200. The molecule has 2 N–H and O–H groups in total. The van der Waals surface area contributed by atoms with Gasteiger partial charge in [-0.15, -0.1) is 0 Å². The van der Waals surface area contributed by atoms with Crippen molar-refractivity contribution in [3.63, 3.8) is 0 Å². The van der Waals surface area contributed by atoms with Crippen molar-refractivity contribution < 1.29 is 14.3 Å². The fourth-order valence-electron chi connectivity index (χ4n) is 2.88. The summed E-state index contributed by atoms with van der Waals surface area (Å²) in [4.78, 5) is 27.8. The van der Waals surface area contributed by atoms with E-state index in [4.69, 9.17) is 4.74 Å². The molecule has 5 heteroatoms. The van der Waals surface area contributed by atoms with Gasteiger partial charge in [0.05, 0.1) is 7.11 Å². The average molecular weight is 336 g/mol. The first-order valence-electron chi connectivity index (χ1n) is 8.09. The van der Waals surface area contributed by atoms with Crippen molar-refractivity contribution in [1.29, 1.82) is 0 Å². The maximum absolute atomic E-state index is 12.5. The highest BCUT2D eigenvalue weighted by molar-refractivity contribution is 5.97. The van der Waals surface area contributed by atoms with Gasteiger partial charge < -0.3 is 15.0 Å². The zero-order chi connectivity index (χ0) is 17.8. The van der Waals surface area contributed by atoms with Gasteiger partial charge in [0.1, 0.15) is 6.04 Å². The first kappa shape index (κ1) is 16.8. The molecule has 0 aliphatic rings. The minimum atomic E-state index is -0.753. The zero-order valence-corrected chi connectivity index (χ0v) is 14.2. The summed E-state index contributed by atoms with van der Waals surface area (Å²) in [6.07, 6.45) is 2.22. The van der Waals surface area contributed by atoms with Gasteiger partial charge >= 0.3 is 5.97 Å². The van der Waals surface area contributed by atoms with Gasteiger partial charge in [-0.05, 0) is 30.7 Å². The molecule has 0 bridgehead atoms. The lowest BCUT2D eigenvalue weighted by molar-refractivity contribution is -0.142. The highest BCUT2D eigenvalue weighted by Crippen LogP contribution is 2.19. The molecule has 0 aliphatic heterocycles. The number of fused-ring (bicyclic) bond motifs is 1. The van der Waals surface area contributed by atoms with Gasteiger partial charge in [-0.3, -0.25) is 4.79 Å². The Labute approximate surface area is 146 Å². The molecule has 0 saturated carbocycles. The Hall–Kier alpha value is -3.08. The first-order chi connectivity index (χ1) is 12.1. The SMILES string of the molecule is COC(=O)[C@@H](Cc1c[nH]c2ccccc12)NC(=O)c1cccc(C)c1. The van der Waals surface area contributed by atoms with Crippen molar-refractivity contribution in [1.82, 2.24) is 10.3 Å². The van der Waals surface area contributed by atoms with Crippen LogP contribution in [0, 0.1) is 6.92 Å². The van der Waals surface area contributed by atoms with Crippen molar-refractivity contribution in [2.24, 2.45) is 0 Å². The molecule has 0 saturated heterocycles. The highest BCUT2D eigenvalue weighted by atomic mass is 16.5. The van der Waals surface area contributed by atoms with Crippen LogP contribution in [0.5, 0.6) is 0 Å². The van der Waals surface area contributed by atoms with Crippen LogP contribution in [0.3, 0.4) is 0 Å². The highest BCUT2D eigenvalue weighted by Gasteiger charge is 2.23. The lowest BCUT2D eigenvalue weighted by Gasteiger charge is -2.16. The van der Waals surface area contributed by atoms with Crippen LogP contribution in [-0.4, -0.2) is 30.0 Å². The summed E-state index contributed by atoms with van der Waals surface area (Å²) in [5.74, 6) is -0.759. The van der Waals surface area contributed by atoms with E-state index < -0.39 is 12.0 Å². The van der Waals surface area contributed by atoms with E-state index in [1.807, 2.05) is 49.5 Å². The van der Waals surface area contributed by atoms with Crippen LogP contribution in [-0.2, 0) is 16.0 Å². The third-order valence-corrected chi connectivity index (χ3v) is 4.17. The van der Waals surface area contributed by atoms with Gasteiger partial charge in [-0.25, -0.2) is 4.79 Å². The molecular weight excluding hydrogens is 316 g/mol. The number of amides is 1. The predicted octanol–water partition coefficient (Wildman–Crippen LogP) is 2.99. The minimum Gasteiger partial charge on any atom is -0.467 e. The van der Waals surface area contributed by atoms with E-state index in [-0.39, 0.29) is 5.91 Å². The number of ether oxygens (including phenoxy) is 1. The molecule has 0 radical (unpaired) electrons. The number of aryl methyl sites for hydroxylation is 1. The Morgan fingerprint density at radius 1 is 1.16 bits per heavy atom. The van der Waals surface area contributed by atoms with E-state index in [0.29, 0.717) is 12.0 Å². The summed E-state index contributed by atoms with van der Waals surface area (Å²) < 4.78 is 4.87. The second kappa shape index (κ2) is 7.21. The summed E-state index contributed by atoms with van der Waals surface area (Å²) >= 11 is 0. The molecule has 0 aliphatic carbocycles. The molecule has 0 unspecified atom stereocenters. The number of methoxy groups -OCH3 is 1. The molecule has 1 atom stereocenters. The van der Waals surface area contributed by atoms with Gasteiger partial charge in [0, 0.05) is 29.1 Å². The Morgan fingerprint density at radius 2 is 1.96 bits per heavy atom. The van der Waals surface area contributed by atoms with E-state index in [9.17, 15) is 9.59 Å². The fourth-order valence-corrected chi connectivity index (χ4v) is 2.88. The van der Waals surface area contributed by atoms with Gasteiger partial charge in [0.15, 0.2) is 0 Å². The van der Waals surface area contributed by atoms with Crippen LogP contribution < -0.4 is 5.32 Å². The number of nitrogens with one attached hydrogen (secondary N) is 2. The first-order valence-corrected chi connectivity index (χ1v) is 8.09. The number of hydrogen-bond acceptors (Lipinski definition) is 3. The van der Waals surface area contributed by atoms with Gasteiger partial charge in [0.2, 0.25) is 0 Å². The number of aromatic amines is 1. The molecule has 2 aromatic carbocycles. The minimum absolute atomic E-state index is 0.293. The van der Waals surface area contributed by atoms with E-state index in [2.05, 4.69) is 10.3 Å². The van der Waals surface area contributed by atoms with Gasteiger partial charge in [-0.2, -0.15) is 0 Å². The Morgan fingerprint density at radius 3 is 2.72 bits per heavy atom. The second-order valence-electron chi connectivity index (χ2n) is 5.98. The van der Waals surface area contributed by atoms with E-state index in [1.165, 1.54) is 7.11 Å². The Kier molecular flexibility index (Phi) is 4.84. The third-order valence-electron chi connectivity index (χ3n) is 4.17. The molecule has 1 aromatic heterocycles. The van der Waals surface area contributed by atoms with Crippen molar-refractivity contribution in [3.05, 3.63) is 71.4 Å². The predicted molar refractivity (Wildman–Crippen MR) is 96.5 cm³/mol. The molecular formula is C20H20N2O3. The number of benzene rings is 2. The van der Waals surface area contributed by atoms with Crippen molar-refractivity contribution in [2.45, 2.75) is 19.4 Å². The monoisotopic (exact) mass is 336 g/mol. The number of carbonyl (C=O) groups is 2. The Balaban J connectivity index is 1.83. The third kappa shape index (κ3) is 3.71. The summed E-state index contributed by atoms with van der Waals surface area (Å²) in [6, 6.07) is 14.3. The quantitative estimate of drug-likeness (QED) is 0.704. The van der Waals surface area contributed by atoms with Gasteiger partial charge in [-0.1, -0.05) is 35.9 Å². The zero-order valence-electron chi connectivity index (χ0n) is 14.2. The number of rotatable bonds is 5. The van der Waals surface area contributed by atoms with E-state index in [1.54, 1.807) is 12.1 Å². The summed E-state index contributed by atoms with van der Waals surface area (Å²) in [5.41, 5.74) is 3.45. The van der Waals surface area contributed by atoms with Crippen LogP contribution >= 0.6 is 0 Å². The van der Waals surface area contributed by atoms with Crippen molar-refractivity contribution >= 4 is 22.8 Å². The number of para-hydroxylation sites is 1. The maximum atomic E-state index is 12.5. The van der Waals surface area contributed by atoms with Crippen LogP contribution in [0.25, 0.3) is 10.9 Å². The van der Waals surface area contributed by atoms with Gasteiger partial charge in [0.25, 0.3) is 5.91 Å². The number of esters is 1. The molecule has 1 amide bonds.